The van der Waals surface area contributed by atoms with Crippen LogP contribution >= 0.6 is 0 Å². The van der Waals surface area contributed by atoms with E-state index in [-0.39, 0.29) is 0 Å². The van der Waals surface area contributed by atoms with Gasteiger partial charge in [0, 0.05) is 19.2 Å². The highest BCUT2D eigenvalue weighted by Crippen LogP contribution is 2.17. The molecule has 0 bridgehead atoms. The maximum atomic E-state index is 5.75. The van der Waals surface area contributed by atoms with Gasteiger partial charge in [-0.3, -0.25) is 0 Å². The topological polar surface area (TPSA) is 30.5 Å². The van der Waals surface area contributed by atoms with E-state index in [0.29, 0.717) is 12.1 Å². The molecule has 1 aliphatic rings. The van der Waals surface area contributed by atoms with E-state index in [4.69, 9.17) is 9.47 Å². The molecule has 1 aromatic carbocycles. The van der Waals surface area contributed by atoms with E-state index in [1.807, 2.05) is 30.3 Å². The number of para-hydroxylation sites is 1. The molecule has 1 aromatic rings. The quantitative estimate of drug-likeness (QED) is 0.767. The monoisotopic (exact) mass is 263 g/mol. The van der Waals surface area contributed by atoms with E-state index in [9.17, 15) is 0 Å². The molecule has 1 N–H and O–H groups in total. The first kappa shape index (κ1) is 14.4. The summed E-state index contributed by atoms with van der Waals surface area (Å²) in [5, 5.41) is 3.58. The van der Waals surface area contributed by atoms with Gasteiger partial charge < -0.3 is 14.8 Å². The van der Waals surface area contributed by atoms with E-state index in [1.165, 1.54) is 12.8 Å². The van der Waals surface area contributed by atoms with Crippen molar-refractivity contribution in [1.29, 1.82) is 0 Å². The highest BCUT2D eigenvalue weighted by Gasteiger charge is 2.21. The summed E-state index contributed by atoms with van der Waals surface area (Å²) in [6, 6.07) is 10.6. The molecule has 2 unspecified atom stereocenters. The third-order valence-corrected chi connectivity index (χ3v) is 3.52. The number of hydrogen-bond acceptors (Lipinski definition) is 3. The normalized spacial score (nSPS) is 23.2. The van der Waals surface area contributed by atoms with Crippen molar-refractivity contribution in [2.75, 3.05) is 19.8 Å². The first-order valence-corrected chi connectivity index (χ1v) is 7.41. The summed E-state index contributed by atoms with van der Waals surface area (Å²) >= 11 is 0. The molecule has 1 saturated heterocycles. The molecule has 3 nitrogen and oxygen atoms in total. The Hall–Kier alpha value is -1.06. The van der Waals surface area contributed by atoms with Crippen LogP contribution in [-0.2, 0) is 4.74 Å². The maximum absolute atomic E-state index is 5.75. The van der Waals surface area contributed by atoms with Gasteiger partial charge in [0.05, 0.1) is 6.10 Å². The van der Waals surface area contributed by atoms with Crippen LogP contribution < -0.4 is 10.1 Å². The Balaban J connectivity index is 1.60. The Morgan fingerprint density at radius 3 is 2.95 bits per heavy atom. The summed E-state index contributed by atoms with van der Waals surface area (Å²) in [5.74, 6) is 0.945. The summed E-state index contributed by atoms with van der Waals surface area (Å²) in [6.07, 6.45) is 5.09. The minimum atomic E-state index is 0.450. The van der Waals surface area contributed by atoms with Crippen molar-refractivity contribution < 1.29 is 9.47 Å². The Morgan fingerprint density at radius 1 is 1.32 bits per heavy atom. The van der Waals surface area contributed by atoms with Crippen LogP contribution in [0.25, 0.3) is 0 Å². The predicted molar refractivity (Wildman–Crippen MR) is 77.6 cm³/mol. The highest BCUT2D eigenvalue weighted by atomic mass is 16.5. The van der Waals surface area contributed by atoms with Crippen LogP contribution in [0, 0.1) is 0 Å². The number of hydrogen-bond donors (Lipinski definition) is 1. The molecule has 0 aliphatic carbocycles. The minimum Gasteiger partial charge on any atom is -0.492 e. The van der Waals surface area contributed by atoms with Crippen LogP contribution in [0.3, 0.4) is 0 Å². The van der Waals surface area contributed by atoms with Gasteiger partial charge in [0.1, 0.15) is 12.4 Å². The average Bonchev–Trinajstić information content (AvgIpc) is 2.46. The fourth-order valence-electron chi connectivity index (χ4n) is 2.54. The van der Waals surface area contributed by atoms with Gasteiger partial charge >= 0.3 is 0 Å². The fourth-order valence-corrected chi connectivity index (χ4v) is 2.54. The van der Waals surface area contributed by atoms with Crippen molar-refractivity contribution in [3.63, 3.8) is 0 Å². The third kappa shape index (κ3) is 5.21. The predicted octanol–water partition coefficient (Wildman–Crippen LogP) is 3.00. The van der Waals surface area contributed by atoms with Crippen molar-refractivity contribution in [2.45, 2.75) is 44.8 Å². The SMILES string of the molecule is CCCC1CC(NCCOc2ccccc2)CCO1. The van der Waals surface area contributed by atoms with Crippen molar-refractivity contribution in [1.82, 2.24) is 5.32 Å². The van der Waals surface area contributed by atoms with Crippen LogP contribution in [0.1, 0.15) is 32.6 Å². The van der Waals surface area contributed by atoms with Gasteiger partial charge in [-0.25, -0.2) is 0 Å². The van der Waals surface area contributed by atoms with Crippen LogP contribution in [0.15, 0.2) is 30.3 Å². The van der Waals surface area contributed by atoms with Gasteiger partial charge in [-0.2, -0.15) is 0 Å². The molecule has 0 aromatic heterocycles. The van der Waals surface area contributed by atoms with Gasteiger partial charge in [0.15, 0.2) is 0 Å². The maximum Gasteiger partial charge on any atom is 0.119 e. The van der Waals surface area contributed by atoms with Crippen molar-refractivity contribution in [3.05, 3.63) is 30.3 Å². The number of ether oxygens (including phenoxy) is 2. The van der Waals surface area contributed by atoms with Crippen molar-refractivity contribution in [2.24, 2.45) is 0 Å². The molecule has 3 heteroatoms. The zero-order valence-electron chi connectivity index (χ0n) is 11.8. The number of nitrogens with one attached hydrogen (secondary N) is 1. The van der Waals surface area contributed by atoms with E-state index < -0.39 is 0 Å². The molecule has 0 amide bonds. The number of rotatable bonds is 7. The van der Waals surface area contributed by atoms with E-state index in [0.717, 1.165) is 38.3 Å². The van der Waals surface area contributed by atoms with Gasteiger partial charge in [-0.1, -0.05) is 31.5 Å². The molecule has 2 rings (SSSR count). The lowest BCUT2D eigenvalue weighted by Crippen LogP contribution is -2.40. The molecular formula is C16H25NO2. The zero-order valence-corrected chi connectivity index (χ0v) is 11.8. The Bertz CT molecular complexity index is 340. The van der Waals surface area contributed by atoms with Crippen LogP contribution in [0.5, 0.6) is 5.75 Å². The highest BCUT2D eigenvalue weighted by molar-refractivity contribution is 5.20. The molecule has 0 radical (unpaired) electrons. The lowest BCUT2D eigenvalue weighted by atomic mass is 10.0. The Labute approximate surface area is 116 Å². The lowest BCUT2D eigenvalue weighted by Gasteiger charge is -2.30. The van der Waals surface area contributed by atoms with Crippen LogP contribution in [-0.4, -0.2) is 31.9 Å². The summed E-state index contributed by atoms with van der Waals surface area (Å²) in [4.78, 5) is 0. The zero-order chi connectivity index (χ0) is 13.3. The molecule has 1 fully saturated rings. The van der Waals surface area contributed by atoms with Gasteiger partial charge in [-0.05, 0) is 31.4 Å². The lowest BCUT2D eigenvalue weighted by molar-refractivity contribution is -0.00350. The molecule has 1 heterocycles. The van der Waals surface area contributed by atoms with Crippen molar-refractivity contribution in [3.8, 4) is 5.75 Å². The molecule has 106 valence electrons. The van der Waals surface area contributed by atoms with E-state index in [2.05, 4.69) is 12.2 Å². The first-order chi connectivity index (χ1) is 9.38. The first-order valence-electron chi connectivity index (χ1n) is 7.41. The van der Waals surface area contributed by atoms with Gasteiger partial charge in [-0.15, -0.1) is 0 Å². The molecule has 0 spiro atoms. The fraction of sp³-hybridized carbons (Fsp3) is 0.625. The molecular weight excluding hydrogens is 238 g/mol. The second-order valence-electron chi connectivity index (χ2n) is 5.12. The number of benzene rings is 1. The second-order valence-corrected chi connectivity index (χ2v) is 5.12. The second kappa shape index (κ2) is 8.18. The van der Waals surface area contributed by atoms with Crippen molar-refractivity contribution >= 4 is 0 Å². The average molecular weight is 263 g/mol. The molecule has 0 saturated carbocycles. The third-order valence-electron chi connectivity index (χ3n) is 3.52. The van der Waals surface area contributed by atoms with Gasteiger partial charge in [0.25, 0.3) is 0 Å². The Morgan fingerprint density at radius 2 is 2.16 bits per heavy atom. The van der Waals surface area contributed by atoms with Crippen LogP contribution in [0.4, 0.5) is 0 Å². The summed E-state index contributed by atoms with van der Waals surface area (Å²) in [7, 11) is 0. The smallest absolute Gasteiger partial charge is 0.119 e. The molecule has 19 heavy (non-hydrogen) atoms. The van der Waals surface area contributed by atoms with E-state index >= 15 is 0 Å². The molecule has 2 atom stereocenters. The summed E-state index contributed by atoms with van der Waals surface area (Å²) < 4.78 is 11.4. The Kier molecular flexibility index (Phi) is 6.18. The van der Waals surface area contributed by atoms with Gasteiger partial charge in [0.2, 0.25) is 0 Å². The largest absolute Gasteiger partial charge is 0.492 e. The van der Waals surface area contributed by atoms with E-state index in [1.54, 1.807) is 0 Å². The summed E-state index contributed by atoms with van der Waals surface area (Å²) in [6.45, 7) is 4.73. The summed E-state index contributed by atoms with van der Waals surface area (Å²) in [5.41, 5.74) is 0. The molecule has 1 aliphatic heterocycles. The van der Waals surface area contributed by atoms with Crippen LogP contribution in [0.2, 0.25) is 0 Å². The minimum absolute atomic E-state index is 0.450. The standard InChI is InChI=1S/C16H25NO2/c1-2-6-16-13-14(9-11-18-16)17-10-12-19-15-7-4-3-5-8-15/h3-5,7-8,14,16-17H,2,6,9-13H2,1H3.